The zero-order valence-corrected chi connectivity index (χ0v) is 20.0. The third-order valence-electron chi connectivity index (χ3n) is 5.87. The number of carbonyl (C=O) groups excluding carboxylic acids is 1. The molecule has 1 N–H and O–H groups in total. The van der Waals surface area contributed by atoms with E-state index in [1.165, 1.54) is 27.8 Å². The predicted octanol–water partition coefficient (Wildman–Crippen LogP) is 2.94. The monoisotopic (exact) mass is 500 g/mol. The van der Waals surface area contributed by atoms with Crippen LogP contribution in [0, 0.1) is 5.92 Å². The molecule has 2 aliphatic rings. The van der Waals surface area contributed by atoms with Gasteiger partial charge in [0.1, 0.15) is 18.2 Å². The molecule has 0 radical (unpaired) electrons. The summed E-state index contributed by atoms with van der Waals surface area (Å²) in [6.45, 7) is 1.37. The highest BCUT2D eigenvalue weighted by Crippen LogP contribution is 2.34. The van der Waals surface area contributed by atoms with Gasteiger partial charge in [-0.25, -0.2) is 8.42 Å². The summed E-state index contributed by atoms with van der Waals surface area (Å²) in [6.07, 6.45) is 1.53. The van der Waals surface area contributed by atoms with Gasteiger partial charge in [0.15, 0.2) is 11.5 Å². The highest BCUT2D eigenvalue weighted by atomic mass is 32.2. The van der Waals surface area contributed by atoms with E-state index >= 15 is 0 Å². The molecule has 0 atom stereocenters. The molecule has 0 bridgehead atoms. The summed E-state index contributed by atoms with van der Waals surface area (Å²) in [7, 11) is -3.68. The van der Waals surface area contributed by atoms with Gasteiger partial charge >= 0.3 is 0 Å². The van der Waals surface area contributed by atoms with Crippen molar-refractivity contribution in [2.24, 2.45) is 5.92 Å². The summed E-state index contributed by atoms with van der Waals surface area (Å²) >= 11 is 1.35. The Morgan fingerprint density at radius 2 is 1.76 bits per heavy atom. The molecule has 0 spiro atoms. The number of ether oxygens (including phenoxy) is 2. The lowest BCUT2D eigenvalue weighted by Gasteiger charge is -2.30. The molecule has 1 fully saturated rings. The van der Waals surface area contributed by atoms with Crippen LogP contribution in [0.2, 0.25) is 0 Å². The van der Waals surface area contributed by atoms with Gasteiger partial charge in [-0.1, -0.05) is 41.7 Å². The van der Waals surface area contributed by atoms with Crippen molar-refractivity contribution in [1.82, 2.24) is 14.5 Å². The number of hydrogen-bond acceptors (Lipinski definition) is 8. The van der Waals surface area contributed by atoms with Gasteiger partial charge in [-0.2, -0.15) is 4.31 Å². The number of aromatic nitrogens is 2. The van der Waals surface area contributed by atoms with Crippen molar-refractivity contribution in [3.05, 3.63) is 59.1 Å². The van der Waals surface area contributed by atoms with Crippen molar-refractivity contribution >= 4 is 32.4 Å². The van der Waals surface area contributed by atoms with Crippen molar-refractivity contribution in [1.29, 1.82) is 0 Å². The van der Waals surface area contributed by atoms with E-state index in [1.807, 2.05) is 30.3 Å². The van der Waals surface area contributed by atoms with Crippen LogP contribution < -0.4 is 14.8 Å². The van der Waals surface area contributed by atoms with Crippen LogP contribution >= 0.6 is 11.3 Å². The van der Waals surface area contributed by atoms with Gasteiger partial charge < -0.3 is 14.8 Å². The number of anilines is 1. The Kier molecular flexibility index (Phi) is 6.48. The second kappa shape index (κ2) is 9.69. The third-order valence-corrected chi connectivity index (χ3v) is 8.60. The maximum absolute atomic E-state index is 13.1. The van der Waals surface area contributed by atoms with Crippen LogP contribution in [-0.4, -0.2) is 55.1 Å². The topological polar surface area (TPSA) is 111 Å². The largest absolute Gasteiger partial charge is 0.486 e. The van der Waals surface area contributed by atoms with Crippen LogP contribution in [0.25, 0.3) is 0 Å². The standard InChI is InChI=1S/C23H24N4O5S2/c28-22(24-23-26-25-21(33-23)14-16-4-2-1-3-5-16)17-8-10-27(11-9-17)34(29,30)18-6-7-19-20(15-18)32-13-12-31-19/h1-7,15,17H,8-14H2,(H,24,26,28). The van der Waals surface area contributed by atoms with E-state index in [-0.39, 0.29) is 29.8 Å². The lowest BCUT2D eigenvalue weighted by molar-refractivity contribution is -0.120. The molecule has 11 heteroatoms. The lowest BCUT2D eigenvalue weighted by atomic mass is 9.97. The number of fused-ring (bicyclic) bond motifs is 1. The average Bonchev–Trinajstić information content (AvgIpc) is 3.30. The van der Waals surface area contributed by atoms with Crippen LogP contribution in [0.15, 0.2) is 53.4 Å². The molecule has 5 rings (SSSR count). The maximum Gasteiger partial charge on any atom is 0.243 e. The molecule has 9 nitrogen and oxygen atoms in total. The van der Waals surface area contributed by atoms with Crippen molar-refractivity contribution in [3.63, 3.8) is 0 Å². The number of nitrogens with zero attached hydrogens (tertiary/aromatic N) is 3. The summed E-state index contributed by atoms with van der Waals surface area (Å²) in [5.41, 5.74) is 1.13. The fourth-order valence-corrected chi connectivity index (χ4v) is 6.31. The number of carbonyl (C=O) groups is 1. The third kappa shape index (κ3) is 4.91. The minimum Gasteiger partial charge on any atom is -0.486 e. The van der Waals surface area contributed by atoms with E-state index in [2.05, 4.69) is 15.5 Å². The molecule has 0 unspecified atom stereocenters. The summed E-state index contributed by atoms with van der Waals surface area (Å²) in [5, 5.41) is 12.4. The molecule has 2 aliphatic heterocycles. The van der Waals surface area contributed by atoms with Crippen LogP contribution in [0.4, 0.5) is 5.13 Å². The first-order valence-corrected chi connectivity index (χ1v) is 13.3. The Morgan fingerprint density at radius 1 is 1.03 bits per heavy atom. The Bertz CT molecular complexity index is 1270. The molecule has 1 aromatic heterocycles. The summed E-state index contributed by atoms with van der Waals surface area (Å²) in [5.74, 6) is 0.543. The quantitative estimate of drug-likeness (QED) is 0.554. The van der Waals surface area contributed by atoms with E-state index in [1.54, 1.807) is 6.07 Å². The van der Waals surface area contributed by atoms with Gasteiger partial charge in [-0.15, -0.1) is 10.2 Å². The van der Waals surface area contributed by atoms with Crippen LogP contribution in [0.3, 0.4) is 0 Å². The fourth-order valence-electron chi connectivity index (χ4n) is 4.05. The summed E-state index contributed by atoms with van der Waals surface area (Å²) in [4.78, 5) is 12.9. The first kappa shape index (κ1) is 22.8. The molecule has 1 saturated heterocycles. The summed E-state index contributed by atoms with van der Waals surface area (Å²) < 4.78 is 38.6. The van der Waals surface area contributed by atoms with Gasteiger partial charge in [-0.05, 0) is 30.5 Å². The Morgan fingerprint density at radius 3 is 2.53 bits per heavy atom. The van der Waals surface area contributed by atoms with E-state index in [0.717, 1.165) is 10.6 Å². The number of benzene rings is 2. The highest BCUT2D eigenvalue weighted by Gasteiger charge is 2.33. The molecule has 1 amide bonds. The molecule has 2 aromatic carbocycles. The first-order chi connectivity index (χ1) is 16.5. The van der Waals surface area contributed by atoms with Gasteiger partial charge in [0.2, 0.25) is 21.1 Å². The number of hydrogen-bond donors (Lipinski definition) is 1. The molecule has 0 aliphatic carbocycles. The normalized spacial score (nSPS) is 16.8. The molecule has 34 heavy (non-hydrogen) atoms. The highest BCUT2D eigenvalue weighted by molar-refractivity contribution is 7.89. The van der Waals surface area contributed by atoms with E-state index in [9.17, 15) is 13.2 Å². The molecular formula is C23H24N4O5S2. The fraction of sp³-hybridized carbons (Fsp3) is 0.348. The van der Waals surface area contributed by atoms with Crippen molar-refractivity contribution in [2.45, 2.75) is 24.2 Å². The number of rotatable bonds is 6. The van der Waals surface area contributed by atoms with Crippen molar-refractivity contribution in [3.8, 4) is 11.5 Å². The number of amides is 1. The lowest BCUT2D eigenvalue weighted by Crippen LogP contribution is -2.41. The van der Waals surface area contributed by atoms with Gasteiger partial charge in [0.25, 0.3) is 0 Å². The zero-order chi connectivity index (χ0) is 23.5. The second-order valence-corrected chi connectivity index (χ2v) is 11.1. The number of nitrogens with one attached hydrogen (secondary N) is 1. The smallest absolute Gasteiger partial charge is 0.243 e. The maximum atomic E-state index is 13.1. The Hall–Kier alpha value is -3.02. The Labute approximate surface area is 201 Å². The number of sulfonamides is 1. The van der Waals surface area contributed by atoms with E-state index in [4.69, 9.17) is 9.47 Å². The van der Waals surface area contributed by atoms with Crippen LogP contribution in [0.5, 0.6) is 11.5 Å². The number of piperidine rings is 1. The van der Waals surface area contributed by atoms with Crippen LogP contribution in [-0.2, 0) is 21.2 Å². The minimum absolute atomic E-state index is 0.154. The zero-order valence-electron chi connectivity index (χ0n) is 18.3. The molecule has 3 aromatic rings. The first-order valence-electron chi connectivity index (χ1n) is 11.1. The van der Waals surface area contributed by atoms with Crippen molar-refractivity contribution in [2.75, 3.05) is 31.6 Å². The molecule has 3 heterocycles. The van der Waals surface area contributed by atoms with E-state index in [0.29, 0.717) is 49.1 Å². The van der Waals surface area contributed by atoms with Crippen molar-refractivity contribution < 1.29 is 22.7 Å². The Balaban J connectivity index is 1.17. The minimum atomic E-state index is -3.68. The van der Waals surface area contributed by atoms with Gasteiger partial charge in [-0.3, -0.25) is 4.79 Å². The average molecular weight is 501 g/mol. The summed E-state index contributed by atoms with van der Waals surface area (Å²) in [6, 6.07) is 14.6. The molecule has 178 valence electrons. The molecular weight excluding hydrogens is 476 g/mol. The second-order valence-electron chi connectivity index (χ2n) is 8.14. The van der Waals surface area contributed by atoms with E-state index < -0.39 is 10.0 Å². The molecule has 0 saturated carbocycles. The van der Waals surface area contributed by atoms with Gasteiger partial charge in [0, 0.05) is 31.5 Å². The van der Waals surface area contributed by atoms with Gasteiger partial charge in [0.05, 0.1) is 4.90 Å². The predicted molar refractivity (Wildman–Crippen MR) is 127 cm³/mol. The van der Waals surface area contributed by atoms with Crippen LogP contribution in [0.1, 0.15) is 23.4 Å². The SMILES string of the molecule is O=C(Nc1nnc(Cc2ccccc2)s1)C1CCN(S(=O)(=O)c2ccc3c(c2)OCCO3)CC1.